The average Bonchev–Trinajstić information content (AvgIpc) is 3.56. The molecule has 230 valence electrons. The largest absolute Gasteiger partial charge is 0.497 e. The third kappa shape index (κ3) is 5.37. The van der Waals surface area contributed by atoms with Gasteiger partial charge in [0.1, 0.15) is 23.3 Å². The van der Waals surface area contributed by atoms with Gasteiger partial charge in [-0.3, -0.25) is 14.4 Å². The first kappa shape index (κ1) is 31.8. The van der Waals surface area contributed by atoms with Crippen LogP contribution in [0, 0.1) is 17.8 Å². The molecule has 0 aliphatic carbocycles. The third-order valence-corrected chi connectivity index (χ3v) is 9.56. The molecule has 3 aliphatic heterocycles. The van der Waals surface area contributed by atoms with Crippen molar-refractivity contribution in [2.75, 3.05) is 31.8 Å². The Labute approximate surface area is 249 Å². The zero-order chi connectivity index (χ0) is 30.7. The van der Waals surface area contributed by atoms with Crippen LogP contribution in [-0.4, -0.2) is 77.9 Å². The molecule has 1 aromatic carbocycles. The van der Waals surface area contributed by atoms with E-state index in [0.717, 1.165) is 12.8 Å². The number of hydrogen-bond donors (Lipinski definition) is 1. The van der Waals surface area contributed by atoms with Gasteiger partial charge in [0.25, 0.3) is 5.91 Å². The van der Waals surface area contributed by atoms with E-state index >= 15 is 0 Å². The number of nitrogens with zero attached hydrogens (tertiary/aromatic N) is 2. The van der Waals surface area contributed by atoms with Crippen molar-refractivity contribution in [3.8, 4) is 5.75 Å². The molecule has 0 saturated carbocycles. The van der Waals surface area contributed by atoms with Gasteiger partial charge in [0.05, 0.1) is 37.9 Å². The number of aliphatic hydroxyl groups excluding tert-OH is 1. The molecule has 2 amide bonds. The van der Waals surface area contributed by atoms with Crippen molar-refractivity contribution in [3.63, 3.8) is 0 Å². The summed E-state index contributed by atoms with van der Waals surface area (Å²) in [6.07, 6.45) is 7.49. The monoisotopic (exact) mass is 582 g/mol. The number of aliphatic hydroxyl groups is 1. The molecule has 4 rings (SSSR count). The highest BCUT2D eigenvalue weighted by atomic mass is 16.6. The maximum atomic E-state index is 14.7. The Bertz CT molecular complexity index is 1170. The lowest BCUT2D eigenvalue weighted by Crippen LogP contribution is -2.60. The van der Waals surface area contributed by atoms with Crippen LogP contribution in [0.15, 0.2) is 49.6 Å². The molecule has 2 bridgehead atoms. The number of allylic oxidation sites excluding steroid dienone is 1. The van der Waals surface area contributed by atoms with Gasteiger partial charge >= 0.3 is 5.97 Å². The summed E-state index contributed by atoms with van der Waals surface area (Å²) in [5.41, 5.74) is -1.54. The maximum Gasteiger partial charge on any atom is 0.312 e. The SMILES string of the molecule is C=CCCCCOC(=O)[C@@H]1[C@H]2C(=O)N([C@@H](CO)[C@@H](C)CC)C(C(=O)N(CC=C)c3ccc(OC)cc3)C23CC[C@@]1(C)O3. The van der Waals surface area contributed by atoms with Gasteiger partial charge in [-0.15, -0.1) is 13.2 Å². The molecular formula is C33H46N2O7. The number of hydrogen-bond acceptors (Lipinski definition) is 7. The summed E-state index contributed by atoms with van der Waals surface area (Å²) in [4.78, 5) is 46.0. The van der Waals surface area contributed by atoms with Crippen LogP contribution in [0.4, 0.5) is 5.69 Å². The molecule has 1 spiro atoms. The van der Waals surface area contributed by atoms with Gasteiger partial charge in [0, 0.05) is 12.2 Å². The number of esters is 1. The molecule has 3 saturated heterocycles. The van der Waals surface area contributed by atoms with Crippen LogP contribution in [0.3, 0.4) is 0 Å². The zero-order valence-electron chi connectivity index (χ0n) is 25.4. The highest BCUT2D eigenvalue weighted by Gasteiger charge is 2.79. The van der Waals surface area contributed by atoms with Crippen LogP contribution in [0.25, 0.3) is 0 Å². The van der Waals surface area contributed by atoms with E-state index in [-0.39, 0.29) is 37.5 Å². The molecule has 1 N–H and O–H groups in total. The molecular weight excluding hydrogens is 536 g/mol. The predicted octanol–water partition coefficient (Wildman–Crippen LogP) is 4.29. The number of amides is 2. The number of benzene rings is 1. The third-order valence-electron chi connectivity index (χ3n) is 9.56. The normalized spacial score (nSPS) is 29.1. The number of fused-ring (bicyclic) bond motifs is 1. The molecule has 9 heteroatoms. The Balaban J connectivity index is 1.76. The molecule has 2 unspecified atom stereocenters. The number of unbranched alkanes of at least 4 members (excludes halogenated alkanes) is 2. The van der Waals surface area contributed by atoms with Crippen LogP contribution in [0.1, 0.15) is 59.3 Å². The standard InChI is InChI=1S/C33H46N2O7/c1-7-10-11-12-20-41-31(39)27-26-29(37)35(25(21-36)22(4)9-3)28(33(26)18-17-32(27,5)42-33)30(38)34(19-8-2)23-13-15-24(40-6)16-14-23/h7-8,13-16,22,25-28,36H,1-2,9-12,17-21H2,3-6H3/t22-,25-,26-,27-,28?,32+,33?/m0/s1. The summed E-state index contributed by atoms with van der Waals surface area (Å²) in [5.74, 6) is -2.31. The summed E-state index contributed by atoms with van der Waals surface area (Å²) >= 11 is 0. The highest BCUT2D eigenvalue weighted by molar-refractivity contribution is 6.05. The molecule has 42 heavy (non-hydrogen) atoms. The quantitative estimate of drug-likeness (QED) is 0.187. The Morgan fingerprint density at radius 3 is 2.52 bits per heavy atom. The molecule has 1 aromatic rings. The lowest BCUT2D eigenvalue weighted by molar-refractivity contribution is -0.161. The van der Waals surface area contributed by atoms with Crippen molar-refractivity contribution in [1.29, 1.82) is 0 Å². The van der Waals surface area contributed by atoms with E-state index in [9.17, 15) is 19.5 Å². The van der Waals surface area contributed by atoms with E-state index in [1.54, 1.807) is 42.4 Å². The Morgan fingerprint density at radius 2 is 1.93 bits per heavy atom. The number of carbonyl (C=O) groups excluding carboxylic acids is 3. The maximum absolute atomic E-state index is 14.7. The zero-order valence-corrected chi connectivity index (χ0v) is 25.4. The van der Waals surface area contributed by atoms with E-state index < -0.39 is 41.1 Å². The number of carbonyl (C=O) groups is 3. The van der Waals surface area contributed by atoms with Gasteiger partial charge in [-0.2, -0.15) is 0 Å². The second kappa shape index (κ2) is 13.0. The van der Waals surface area contributed by atoms with Gasteiger partial charge in [0.2, 0.25) is 5.91 Å². The number of methoxy groups -OCH3 is 1. The van der Waals surface area contributed by atoms with Crippen LogP contribution in [0.2, 0.25) is 0 Å². The molecule has 7 atom stereocenters. The van der Waals surface area contributed by atoms with E-state index in [2.05, 4.69) is 13.2 Å². The topological polar surface area (TPSA) is 106 Å². The average molecular weight is 583 g/mol. The van der Waals surface area contributed by atoms with E-state index in [4.69, 9.17) is 14.2 Å². The van der Waals surface area contributed by atoms with Gasteiger partial charge in [0.15, 0.2) is 0 Å². The lowest BCUT2D eigenvalue weighted by Gasteiger charge is -2.41. The number of anilines is 1. The molecule has 0 radical (unpaired) electrons. The second-order valence-electron chi connectivity index (χ2n) is 12.0. The van der Waals surface area contributed by atoms with Gasteiger partial charge < -0.3 is 29.1 Å². The van der Waals surface area contributed by atoms with E-state index in [1.807, 2.05) is 26.8 Å². The minimum atomic E-state index is -1.22. The second-order valence-corrected chi connectivity index (χ2v) is 12.0. The van der Waals surface area contributed by atoms with Crippen LogP contribution < -0.4 is 9.64 Å². The number of likely N-dealkylation sites (tertiary alicyclic amines) is 1. The van der Waals surface area contributed by atoms with Crippen molar-refractivity contribution in [2.45, 2.75) is 82.6 Å². The van der Waals surface area contributed by atoms with Gasteiger partial charge in [-0.05, 0) is 69.2 Å². The van der Waals surface area contributed by atoms with E-state index in [0.29, 0.717) is 37.1 Å². The van der Waals surface area contributed by atoms with Crippen molar-refractivity contribution < 1.29 is 33.7 Å². The highest BCUT2D eigenvalue weighted by Crippen LogP contribution is 2.64. The molecule has 3 heterocycles. The van der Waals surface area contributed by atoms with Crippen molar-refractivity contribution in [3.05, 3.63) is 49.6 Å². The summed E-state index contributed by atoms with van der Waals surface area (Å²) < 4.78 is 17.8. The predicted molar refractivity (Wildman–Crippen MR) is 160 cm³/mol. The number of ether oxygens (including phenoxy) is 3. The van der Waals surface area contributed by atoms with Crippen LogP contribution >= 0.6 is 0 Å². The van der Waals surface area contributed by atoms with Crippen LogP contribution in [-0.2, 0) is 23.9 Å². The molecule has 3 fully saturated rings. The first-order valence-corrected chi connectivity index (χ1v) is 15.1. The fourth-order valence-corrected chi connectivity index (χ4v) is 7.19. The number of rotatable bonds is 15. The van der Waals surface area contributed by atoms with Crippen molar-refractivity contribution >= 4 is 23.5 Å². The Hall–Kier alpha value is -3.17. The minimum Gasteiger partial charge on any atom is -0.497 e. The van der Waals surface area contributed by atoms with Gasteiger partial charge in [-0.1, -0.05) is 32.4 Å². The lowest BCUT2D eigenvalue weighted by atomic mass is 9.66. The first-order chi connectivity index (χ1) is 20.1. The summed E-state index contributed by atoms with van der Waals surface area (Å²) in [6, 6.07) is 5.46. The fraction of sp³-hybridized carbons (Fsp3) is 0.606. The molecule has 0 aromatic heterocycles. The van der Waals surface area contributed by atoms with Crippen molar-refractivity contribution in [1.82, 2.24) is 4.90 Å². The fourth-order valence-electron chi connectivity index (χ4n) is 7.19. The Kier molecular flexibility index (Phi) is 9.83. The van der Waals surface area contributed by atoms with Gasteiger partial charge in [-0.25, -0.2) is 0 Å². The summed E-state index contributed by atoms with van der Waals surface area (Å²) in [7, 11) is 1.57. The van der Waals surface area contributed by atoms with Crippen LogP contribution in [0.5, 0.6) is 5.75 Å². The smallest absolute Gasteiger partial charge is 0.312 e. The molecule has 9 nitrogen and oxygen atoms in total. The molecule has 3 aliphatic rings. The summed E-state index contributed by atoms with van der Waals surface area (Å²) in [5, 5.41) is 10.6. The van der Waals surface area contributed by atoms with E-state index in [1.165, 1.54) is 4.90 Å². The van der Waals surface area contributed by atoms with Crippen molar-refractivity contribution in [2.24, 2.45) is 17.8 Å². The Morgan fingerprint density at radius 1 is 1.21 bits per heavy atom. The minimum absolute atomic E-state index is 0.0960. The summed E-state index contributed by atoms with van der Waals surface area (Å²) in [6.45, 7) is 13.5. The first-order valence-electron chi connectivity index (χ1n) is 15.1.